The number of Topliss-reactive ketones (excluding diaryl/α,β-unsaturated/α-hetero) is 2. The number of hydrogen-bond acceptors (Lipinski definition) is 2. The summed E-state index contributed by atoms with van der Waals surface area (Å²) in [4.78, 5) is 27.1. The van der Waals surface area contributed by atoms with Gasteiger partial charge in [-0.2, -0.15) is 0 Å². The second-order valence-electron chi connectivity index (χ2n) is 12.0. The van der Waals surface area contributed by atoms with Crippen molar-refractivity contribution in [1.82, 2.24) is 0 Å². The van der Waals surface area contributed by atoms with E-state index in [0.717, 1.165) is 31.6 Å². The van der Waals surface area contributed by atoms with Crippen molar-refractivity contribution in [1.29, 1.82) is 0 Å². The molecule has 8 unspecified atom stereocenters. The molecule has 0 bridgehead atoms. The third-order valence-corrected chi connectivity index (χ3v) is 9.87. The van der Waals surface area contributed by atoms with Gasteiger partial charge in [0.25, 0.3) is 0 Å². The molecule has 8 atom stereocenters. The number of carbonyl (C=O) groups is 2. The first kappa shape index (κ1) is 21.3. The quantitative estimate of drug-likeness (QED) is 0.487. The highest BCUT2D eigenvalue weighted by molar-refractivity contribution is 5.94. The molecule has 0 aromatic heterocycles. The second kappa shape index (κ2) is 7.65. The van der Waals surface area contributed by atoms with Crippen LogP contribution in [-0.4, -0.2) is 11.6 Å². The molecule has 0 spiro atoms. The fourth-order valence-corrected chi connectivity index (χ4v) is 8.34. The van der Waals surface area contributed by atoms with Gasteiger partial charge in [0, 0.05) is 24.7 Å². The lowest BCUT2D eigenvalue weighted by molar-refractivity contribution is -0.163. The minimum atomic E-state index is -0.0215. The van der Waals surface area contributed by atoms with Crippen LogP contribution in [0.25, 0.3) is 0 Å². The Balaban J connectivity index is 1.58. The van der Waals surface area contributed by atoms with Gasteiger partial charge in [-0.05, 0) is 66.1 Å². The predicted octanol–water partition coefficient (Wildman–Crippen LogP) is 6.63. The lowest BCUT2D eigenvalue weighted by Crippen LogP contribution is -2.59. The summed E-state index contributed by atoms with van der Waals surface area (Å²) >= 11 is 0. The molecule has 29 heavy (non-hydrogen) atoms. The summed E-state index contributed by atoms with van der Waals surface area (Å²) in [6.45, 7) is 11.7. The van der Waals surface area contributed by atoms with Crippen LogP contribution >= 0.6 is 0 Å². The minimum Gasteiger partial charge on any atom is -0.299 e. The topological polar surface area (TPSA) is 34.1 Å². The zero-order chi connectivity index (χ0) is 21.0. The van der Waals surface area contributed by atoms with E-state index in [1.807, 2.05) is 0 Å². The summed E-state index contributed by atoms with van der Waals surface area (Å²) in [5.41, 5.74) is 0.0472. The van der Waals surface area contributed by atoms with E-state index in [2.05, 4.69) is 46.8 Å². The number of fused-ring (bicyclic) bond motifs is 5. The van der Waals surface area contributed by atoms with Crippen molar-refractivity contribution in [3.05, 3.63) is 12.2 Å². The highest BCUT2D eigenvalue weighted by Gasteiger charge is 2.65. The Morgan fingerprint density at radius 3 is 2.52 bits per heavy atom. The zero-order valence-electron chi connectivity index (χ0n) is 19.4. The van der Waals surface area contributed by atoms with Crippen molar-refractivity contribution >= 4 is 11.6 Å². The van der Waals surface area contributed by atoms with Crippen LogP contribution in [0.15, 0.2) is 12.2 Å². The highest BCUT2D eigenvalue weighted by Crippen LogP contribution is 2.66. The summed E-state index contributed by atoms with van der Waals surface area (Å²) in [5, 5.41) is 0. The molecule has 0 saturated heterocycles. The van der Waals surface area contributed by atoms with Gasteiger partial charge in [0.2, 0.25) is 0 Å². The summed E-state index contributed by atoms with van der Waals surface area (Å²) in [7, 11) is 0. The molecule has 2 heteroatoms. The molecule has 3 fully saturated rings. The van der Waals surface area contributed by atoms with E-state index >= 15 is 0 Å². The Morgan fingerprint density at radius 1 is 1.03 bits per heavy atom. The number of rotatable bonds is 5. The lowest BCUT2D eigenvalue weighted by Gasteiger charge is -2.58. The fraction of sp³-hybridized carbons (Fsp3) is 0.852. The average molecular weight is 399 g/mol. The molecule has 2 nitrogen and oxygen atoms in total. The SMILES string of the molecule is CC(C)CCCC(C)C1CCC2C3C(=O)CC4C=CCCC4(C)C3C(=O)CC12C. The normalized spacial score (nSPS) is 45.1. The standard InChI is InChI=1S/C27H42O2/c1-17(2)9-8-10-18(3)20-12-13-21-24-22(28)15-19-11-6-7-14-26(19,4)25(24)23(29)16-27(20,21)5/h6,11,17-21,24-25H,7-10,12-16H2,1-5H3. The molecule has 3 saturated carbocycles. The number of ketones is 2. The third-order valence-electron chi connectivity index (χ3n) is 9.87. The van der Waals surface area contributed by atoms with E-state index in [9.17, 15) is 9.59 Å². The molecule has 0 radical (unpaired) electrons. The van der Waals surface area contributed by atoms with Gasteiger partial charge in [-0.25, -0.2) is 0 Å². The number of allylic oxidation sites excluding steroid dienone is 2. The first-order valence-corrected chi connectivity index (χ1v) is 12.4. The molecular weight excluding hydrogens is 356 g/mol. The van der Waals surface area contributed by atoms with Crippen LogP contribution in [-0.2, 0) is 9.59 Å². The van der Waals surface area contributed by atoms with Gasteiger partial charge >= 0.3 is 0 Å². The molecule has 0 amide bonds. The first-order chi connectivity index (χ1) is 13.7. The van der Waals surface area contributed by atoms with Crippen molar-refractivity contribution in [3.63, 3.8) is 0 Å². The molecule has 4 aliphatic carbocycles. The highest BCUT2D eigenvalue weighted by atomic mass is 16.1. The molecule has 4 rings (SSSR count). The monoisotopic (exact) mass is 398 g/mol. The van der Waals surface area contributed by atoms with Crippen LogP contribution in [0.4, 0.5) is 0 Å². The lowest BCUT2D eigenvalue weighted by atomic mass is 9.44. The van der Waals surface area contributed by atoms with Crippen LogP contribution in [0, 0.1) is 52.3 Å². The van der Waals surface area contributed by atoms with Gasteiger partial charge in [-0.3, -0.25) is 9.59 Å². The van der Waals surface area contributed by atoms with Crippen molar-refractivity contribution in [3.8, 4) is 0 Å². The van der Waals surface area contributed by atoms with Gasteiger partial charge < -0.3 is 0 Å². The van der Waals surface area contributed by atoms with Crippen LogP contribution in [0.1, 0.15) is 92.4 Å². The maximum absolute atomic E-state index is 13.7. The Labute approximate surface area is 178 Å². The average Bonchev–Trinajstić information content (AvgIpc) is 2.98. The Hall–Kier alpha value is -0.920. The summed E-state index contributed by atoms with van der Waals surface area (Å²) in [6, 6.07) is 0. The van der Waals surface area contributed by atoms with Gasteiger partial charge in [-0.1, -0.05) is 66.0 Å². The van der Waals surface area contributed by atoms with Crippen molar-refractivity contribution in [2.45, 2.75) is 92.4 Å². The van der Waals surface area contributed by atoms with E-state index < -0.39 is 0 Å². The molecule has 0 aliphatic heterocycles. The third kappa shape index (κ3) is 3.37. The summed E-state index contributed by atoms with van der Waals surface area (Å²) in [5.74, 6) is 3.55. The maximum Gasteiger partial charge on any atom is 0.137 e. The van der Waals surface area contributed by atoms with Gasteiger partial charge in [0.15, 0.2) is 0 Å². The van der Waals surface area contributed by atoms with Crippen LogP contribution in [0.3, 0.4) is 0 Å². The van der Waals surface area contributed by atoms with Crippen molar-refractivity contribution < 1.29 is 9.59 Å². The fourth-order valence-electron chi connectivity index (χ4n) is 8.34. The molecule has 0 aromatic carbocycles. The molecule has 0 N–H and O–H groups in total. The molecule has 0 aromatic rings. The minimum absolute atomic E-state index is 0.00173. The van der Waals surface area contributed by atoms with Gasteiger partial charge in [0.1, 0.15) is 11.6 Å². The van der Waals surface area contributed by atoms with E-state index in [1.54, 1.807) is 0 Å². The molecular formula is C27H42O2. The van der Waals surface area contributed by atoms with Crippen LogP contribution in [0.2, 0.25) is 0 Å². The van der Waals surface area contributed by atoms with Gasteiger partial charge in [0.05, 0.1) is 0 Å². The molecule has 0 heterocycles. The molecule has 162 valence electrons. The molecule has 4 aliphatic rings. The van der Waals surface area contributed by atoms with E-state index in [1.165, 1.54) is 25.7 Å². The Bertz CT molecular complexity index is 691. The second-order valence-corrected chi connectivity index (χ2v) is 12.0. The van der Waals surface area contributed by atoms with E-state index in [0.29, 0.717) is 35.7 Å². The smallest absolute Gasteiger partial charge is 0.137 e. The first-order valence-electron chi connectivity index (χ1n) is 12.4. The Kier molecular flexibility index (Phi) is 5.62. The van der Waals surface area contributed by atoms with Crippen molar-refractivity contribution in [2.75, 3.05) is 0 Å². The van der Waals surface area contributed by atoms with Gasteiger partial charge in [-0.15, -0.1) is 0 Å². The maximum atomic E-state index is 13.7. The zero-order valence-corrected chi connectivity index (χ0v) is 19.4. The summed E-state index contributed by atoms with van der Waals surface area (Å²) < 4.78 is 0. The number of carbonyl (C=O) groups excluding carboxylic acids is 2. The Morgan fingerprint density at radius 2 is 1.79 bits per heavy atom. The predicted molar refractivity (Wildman–Crippen MR) is 118 cm³/mol. The van der Waals surface area contributed by atoms with Crippen molar-refractivity contribution in [2.24, 2.45) is 52.3 Å². The largest absolute Gasteiger partial charge is 0.299 e. The van der Waals surface area contributed by atoms with Crippen LogP contribution in [0.5, 0.6) is 0 Å². The summed E-state index contributed by atoms with van der Waals surface area (Å²) in [6.07, 6.45) is 14.3. The number of hydrogen-bond donors (Lipinski definition) is 0. The van der Waals surface area contributed by atoms with E-state index in [-0.39, 0.29) is 28.6 Å². The van der Waals surface area contributed by atoms with Crippen LogP contribution < -0.4 is 0 Å². The van der Waals surface area contributed by atoms with E-state index in [4.69, 9.17) is 0 Å².